The second-order valence-electron chi connectivity index (χ2n) is 5.91. The van der Waals surface area contributed by atoms with Gasteiger partial charge in [-0.25, -0.2) is 9.18 Å². The van der Waals surface area contributed by atoms with E-state index < -0.39 is 5.60 Å². The predicted molar refractivity (Wildman–Crippen MR) is 73.2 cm³/mol. The molecule has 1 unspecified atom stereocenters. The number of amides is 1. The number of hydrogen-bond acceptors (Lipinski definition) is 3. The van der Waals surface area contributed by atoms with Crippen LogP contribution in [0, 0.1) is 5.82 Å². The van der Waals surface area contributed by atoms with Crippen LogP contribution in [0.25, 0.3) is 0 Å². The van der Waals surface area contributed by atoms with E-state index in [9.17, 15) is 9.18 Å². The lowest BCUT2D eigenvalue weighted by molar-refractivity contribution is 0.0275. The minimum absolute atomic E-state index is 0.121. The van der Waals surface area contributed by atoms with Crippen molar-refractivity contribution in [3.05, 3.63) is 30.1 Å². The van der Waals surface area contributed by atoms with Crippen LogP contribution in [0.15, 0.2) is 24.3 Å². The minimum atomic E-state index is -0.501. The van der Waals surface area contributed by atoms with Crippen LogP contribution in [0.4, 0.5) is 9.18 Å². The van der Waals surface area contributed by atoms with E-state index in [-0.39, 0.29) is 18.0 Å². The van der Waals surface area contributed by atoms with Gasteiger partial charge in [0.05, 0.1) is 6.54 Å². The van der Waals surface area contributed by atoms with Gasteiger partial charge in [-0.3, -0.25) is 0 Å². The number of likely N-dealkylation sites (tertiary alicyclic amines) is 1. The monoisotopic (exact) mass is 281 g/mol. The number of benzene rings is 1. The van der Waals surface area contributed by atoms with Gasteiger partial charge < -0.3 is 14.4 Å². The molecule has 110 valence electrons. The van der Waals surface area contributed by atoms with Crippen molar-refractivity contribution in [2.24, 2.45) is 0 Å². The molecule has 1 heterocycles. The largest absolute Gasteiger partial charge is 0.488 e. The fraction of sp³-hybridized carbons (Fsp3) is 0.533. The quantitative estimate of drug-likeness (QED) is 0.835. The fourth-order valence-electron chi connectivity index (χ4n) is 2.05. The first-order valence-corrected chi connectivity index (χ1v) is 6.74. The number of carbonyl (C=O) groups excluding carboxylic acids is 1. The lowest BCUT2D eigenvalue weighted by Gasteiger charge is -2.24. The van der Waals surface area contributed by atoms with Gasteiger partial charge in [0.25, 0.3) is 0 Å². The van der Waals surface area contributed by atoms with E-state index in [4.69, 9.17) is 9.47 Å². The average molecular weight is 281 g/mol. The highest BCUT2D eigenvalue weighted by molar-refractivity contribution is 5.68. The van der Waals surface area contributed by atoms with Gasteiger partial charge in [-0.05, 0) is 32.9 Å². The van der Waals surface area contributed by atoms with Crippen LogP contribution in [0.2, 0.25) is 0 Å². The lowest BCUT2D eigenvalue weighted by Crippen LogP contribution is -2.36. The second kappa shape index (κ2) is 5.69. The molecule has 1 atom stereocenters. The summed E-state index contributed by atoms with van der Waals surface area (Å²) in [5.74, 6) is 0.158. The molecular formula is C15H20FNO3. The van der Waals surface area contributed by atoms with Crippen LogP contribution < -0.4 is 4.74 Å². The van der Waals surface area contributed by atoms with E-state index in [1.165, 1.54) is 12.1 Å². The average Bonchev–Trinajstić information content (AvgIpc) is 2.75. The zero-order valence-electron chi connectivity index (χ0n) is 12.1. The third-order valence-electron chi connectivity index (χ3n) is 2.90. The normalized spacial score (nSPS) is 19.0. The summed E-state index contributed by atoms with van der Waals surface area (Å²) in [4.78, 5) is 13.5. The molecule has 0 saturated carbocycles. The zero-order valence-corrected chi connectivity index (χ0v) is 12.1. The summed E-state index contributed by atoms with van der Waals surface area (Å²) < 4.78 is 24.1. The van der Waals surface area contributed by atoms with E-state index in [1.807, 2.05) is 20.8 Å². The van der Waals surface area contributed by atoms with Gasteiger partial charge in [0.15, 0.2) is 0 Å². The van der Waals surface area contributed by atoms with E-state index in [2.05, 4.69) is 0 Å². The van der Waals surface area contributed by atoms with Gasteiger partial charge in [0.1, 0.15) is 23.3 Å². The second-order valence-corrected chi connectivity index (χ2v) is 5.91. The molecule has 0 aliphatic carbocycles. The van der Waals surface area contributed by atoms with E-state index in [0.717, 1.165) is 6.42 Å². The van der Waals surface area contributed by atoms with Crippen molar-refractivity contribution in [3.63, 3.8) is 0 Å². The molecule has 1 aliphatic heterocycles. The Morgan fingerprint density at radius 2 is 2.15 bits per heavy atom. The summed E-state index contributed by atoms with van der Waals surface area (Å²) in [6, 6.07) is 6.02. The van der Waals surface area contributed by atoms with Crippen molar-refractivity contribution in [1.82, 2.24) is 4.90 Å². The highest BCUT2D eigenvalue weighted by Gasteiger charge is 2.30. The van der Waals surface area contributed by atoms with Crippen LogP contribution in [0.3, 0.4) is 0 Å². The Bertz CT molecular complexity index is 484. The third-order valence-corrected chi connectivity index (χ3v) is 2.90. The Balaban J connectivity index is 1.88. The third kappa shape index (κ3) is 4.11. The molecule has 1 amide bonds. The first kappa shape index (κ1) is 14.6. The van der Waals surface area contributed by atoms with Crippen molar-refractivity contribution in [2.45, 2.75) is 38.9 Å². The van der Waals surface area contributed by atoms with Crippen LogP contribution in [-0.4, -0.2) is 35.8 Å². The van der Waals surface area contributed by atoms with E-state index in [1.54, 1.807) is 17.0 Å². The lowest BCUT2D eigenvalue weighted by atomic mass is 10.2. The molecular weight excluding hydrogens is 261 g/mol. The highest BCUT2D eigenvalue weighted by atomic mass is 19.1. The van der Waals surface area contributed by atoms with Gasteiger partial charge >= 0.3 is 6.09 Å². The predicted octanol–water partition coefficient (Wildman–Crippen LogP) is 3.21. The maximum Gasteiger partial charge on any atom is 0.410 e. The van der Waals surface area contributed by atoms with Gasteiger partial charge in [-0.15, -0.1) is 0 Å². The molecule has 1 aromatic rings. The van der Waals surface area contributed by atoms with E-state index >= 15 is 0 Å². The molecule has 0 spiro atoms. The number of halogens is 1. The molecule has 4 nitrogen and oxygen atoms in total. The maximum atomic E-state index is 13.1. The van der Waals surface area contributed by atoms with Crippen molar-refractivity contribution < 1.29 is 18.7 Å². The number of rotatable bonds is 2. The van der Waals surface area contributed by atoms with E-state index in [0.29, 0.717) is 18.8 Å². The Hall–Kier alpha value is -1.78. The van der Waals surface area contributed by atoms with Crippen LogP contribution >= 0.6 is 0 Å². The Kier molecular flexibility index (Phi) is 4.16. The summed E-state index contributed by atoms with van der Waals surface area (Å²) in [6.07, 6.45) is 0.266. The summed E-state index contributed by atoms with van der Waals surface area (Å²) >= 11 is 0. The Morgan fingerprint density at radius 1 is 1.40 bits per heavy atom. The van der Waals surface area contributed by atoms with Gasteiger partial charge in [-0.2, -0.15) is 0 Å². The van der Waals surface area contributed by atoms with Crippen molar-refractivity contribution >= 4 is 6.09 Å². The molecule has 1 aliphatic rings. The molecule has 0 N–H and O–H groups in total. The van der Waals surface area contributed by atoms with Crippen LogP contribution in [0.5, 0.6) is 5.75 Å². The molecule has 0 aromatic heterocycles. The number of hydrogen-bond donors (Lipinski definition) is 0. The Morgan fingerprint density at radius 3 is 2.80 bits per heavy atom. The van der Waals surface area contributed by atoms with Gasteiger partial charge in [0, 0.05) is 19.0 Å². The summed E-state index contributed by atoms with van der Waals surface area (Å²) in [5.41, 5.74) is -0.501. The van der Waals surface area contributed by atoms with Gasteiger partial charge in [0.2, 0.25) is 0 Å². The van der Waals surface area contributed by atoms with Crippen molar-refractivity contribution in [1.29, 1.82) is 0 Å². The number of ether oxygens (including phenoxy) is 2. The van der Waals surface area contributed by atoms with Crippen molar-refractivity contribution in [3.8, 4) is 5.75 Å². The minimum Gasteiger partial charge on any atom is -0.488 e. The summed E-state index contributed by atoms with van der Waals surface area (Å²) in [5, 5.41) is 0. The maximum absolute atomic E-state index is 13.1. The molecule has 0 radical (unpaired) electrons. The van der Waals surface area contributed by atoms with Crippen molar-refractivity contribution in [2.75, 3.05) is 13.1 Å². The Labute approximate surface area is 118 Å². The highest BCUT2D eigenvalue weighted by Crippen LogP contribution is 2.20. The first-order chi connectivity index (χ1) is 9.33. The zero-order chi connectivity index (χ0) is 14.8. The molecule has 20 heavy (non-hydrogen) atoms. The molecule has 0 bridgehead atoms. The summed E-state index contributed by atoms with van der Waals surface area (Å²) in [6.45, 7) is 6.56. The number of carbonyl (C=O) groups is 1. The molecule has 2 rings (SSSR count). The standard InChI is InChI=1S/C15H20FNO3/c1-15(2,3)20-14(18)17-8-7-13(10-17)19-12-6-4-5-11(16)9-12/h4-6,9,13H,7-8,10H2,1-3H3. The summed E-state index contributed by atoms with van der Waals surface area (Å²) in [7, 11) is 0. The van der Waals surface area contributed by atoms with Crippen LogP contribution in [0.1, 0.15) is 27.2 Å². The molecule has 1 aromatic carbocycles. The molecule has 5 heteroatoms. The molecule has 1 fully saturated rings. The van der Waals surface area contributed by atoms with Crippen LogP contribution in [-0.2, 0) is 4.74 Å². The fourth-order valence-corrected chi connectivity index (χ4v) is 2.05. The topological polar surface area (TPSA) is 38.8 Å². The molecule has 1 saturated heterocycles. The SMILES string of the molecule is CC(C)(C)OC(=O)N1CCC(Oc2cccc(F)c2)C1. The number of nitrogens with zero attached hydrogens (tertiary/aromatic N) is 1. The van der Waals surface area contributed by atoms with Gasteiger partial charge in [-0.1, -0.05) is 6.07 Å². The first-order valence-electron chi connectivity index (χ1n) is 6.74. The smallest absolute Gasteiger partial charge is 0.410 e.